The summed E-state index contributed by atoms with van der Waals surface area (Å²) < 4.78 is 1.77. The fraction of sp³-hybridized carbons (Fsp3) is 0.200. The van der Waals surface area contributed by atoms with E-state index in [0.717, 1.165) is 5.69 Å². The first-order chi connectivity index (χ1) is 13.9. The number of halogens is 1. The summed E-state index contributed by atoms with van der Waals surface area (Å²) in [5.74, 6) is 0.406. The molecule has 3 aromatic rings. The van der Waals surface area contributed by atoms with E-state index in [2.05, 4.69) is 20.8 Å². The highest BCUT2D eigenvalue weighted by Gasteiger charge is 2.19. The van der Waals surface area contributed by atoms with Crippen LogP contribution in [0.15, 0.2) is 59.8 Å². The second-order valence-corrected chi connectivity index (χ2v) is 7.69. The van der Waals surface area contributed by atoms with E-state index in [1.54, 1.807) is 35.9 Å². The number of carbonyl (C=O) groups is 2. The topological polar surface area (TPSA) is 88.9 Å². The largest absolute Gasteiger partial charge is 0.342 e. The lowest BCUT2D eigenvalue weighted by Gasteiger charge is -2.13. The van der Waals surface area contributed by atoms with Gasteiger partial charge in [-0.25, -0.2) is 0 Å². The van der Waals surface area contributed by atoms with Gasteiger partial charge in [0.15, 0.2) is 11.0 Å². The van der Waals surface area contributed by atoms with Crippen molar-refractivity contribution in [1.29, 1.82) is 0 Å². The van der Waals surface area contributed by atoms with Gasteiger partial charge in [-0.1, -0.05) is 47.6 Å². The Kier molecular flexibility index (Phi) is 6.90. The highest BCUT2D eigenvalue weighted by atomic mass is 35.5. The third-order valence-corrected chi connectivity index (χ3v) is 5.34. The maximum Gasteiger partial charge on any atom is 0.251 e. The van der Waals surface area contributed by atoms with Crippen LogP contribution >= 0.6 is 23.4 Å². The summed E-state index contributed by atoms with van der Waals surface area (Å²) in [6, 6.07) is 15.6. The molecule has 0 saturated carbocycles. The van der Waals surface area contributed by atoms with Gasteiger partial charge < -0.3 is 15.2 Å². The zero-order valence-electron chi connectivity index (χ0n) is 15.9. The van der Waals surface area contributed by atoms with Gasteiger partial charge >= 0.3 is 0 Å². The summed E-state index contributed by atoms with van der Waals surface area (Å²) >= 11 is 7.22. The number of para-hydroxylation sites is 1. The average Bonchev–Trinajstić information content (AvgIpc) is 3.07. The van der Waals surface area contributed by atoms with E-state index in [-0.39, 0.29) is 23.6 Å². The predicted molar refractivity (Wildman–Crippen MR) is 114 cm³/mol. The molecule has 29 heavy (non-hydrogen) atoms. The summed E-state index contributed by atoms with van der Waals surface area (Å²) in [5, 5.41) is 15.1. The summed E-state index contributed by atoms with van der Waals surface area (Å²) in [6.45, 7) is 1.82. The summed E-state index contributed by atoms with van der Waals surface area (Å²) in [6.07, 6.45) is 0. The molecule has 7 nitrogen and oxygen atoms in total. The van der Waals surface area contributed by atoms with Crippen LogP contribution in [0.3, 0.4) is 0 Å². The molecule has 3 rings (SSSR count). The van der Waals surface area contributed by atoms with E-state index in [1.807, 2.05) is 37.3 Å². The van der Waals surface area contributed by atoms with Crippen LogP contribution in [-0.4, -0.2) is 32.3 Å². The Labute approximate surface area is 177 Å². The van der Waals surface area contributed by atoms with E-state index in [4.69, 9.17) is 11.6 Å². The molecule has 2 amide bonds. The third kappa shape index (κ3) is 5.58. The fourth-order valence-corrected chi connectivity index (χ4v) is 3.56. The minimum Gasteiger partial charge on any atom is -0.342 e. The monoisotopic (exact) mass is 429 g/mol. The van der Waals surface area contributed by atoms with E-state index in [9.17, 15) is 9.59 Å². The SMILES string of the molecule is C[C@@H](NC(=O)c1cccc(Cl)c1)c1nnc(SCC(=O)Nc2ccccc2)n1C. The van der Waals surface area contributed by atoms with Crippen LogP contribution in [0.1, 0.15) is 29.1 Å². The van der Waals surface area contributed by atoms with Crippen molar-refractivity contribution < 1.29 is 9.59 Å². The number of benzene rings is 2. The van der Waals surface area contributed by atoms with Crippen LogP contribution in [0.5, 0.6) is 0 Å². The summed E-state index contributed by atoms with van der Waals surface area (Å²) in [5.41, 5.74) is 1.22. The molecule has 0 aliphatic carbocycles. The van der Waals surface area contributed by atoms with Crippen LogP contribution in [-0.2, 0) is 11.8 Å². The highest BCUT2D eigenvalue weighted by molar-refractivity contribution is 7.99. The van der Waals surface area contributed by atoms with Crippen LogP contribution < -0.4 is 10.6 Å². The van der Waals surface area contributed by atoms with E-state index in [0.29, 0.717) is 21.6 Å². The fourth-order valence-electron chi connectivity index (χ4n) is 2.65. The summed E-state index contributed by atoms with van der Waals surface area (Å²) in [7, 11) is 1.80. The first-order valence-electron chi connectivity index (χ1n) is 8.87. The van der Waals surface area contributed by atoms with Crippen molar-refractivity contribution >= 4 is 40.9 Å². The molecule has 0 aliphatic heterocycles. The lowest BCUT2D eigenvalue weighted by atomic mass is 10.2. The highest BCUT2D eigenvalue weighted by Crippen LogP contribution is 2.20. The van der Waals surface area contributed by atoms with E-state index in [1.165, 1.54) is 11.8 Å². The normalized spacial score (nSPS) is 11.7. The Balaban J connectivity index is 1.58. The number of carbonyl (C=O) groups excluding carboxylic acids is 2. The molecule has 9 heteroatoms. The Hall–Kier alpha value is -2.84. The second-order valence-electron chi connectivity index (χ2n) is 6.31. The van der Waals surface area contributed by atoms with Gasteiger partial charge in [0, 0.05) is 23.3 Å². The summed E-state index contributed by atoms with van der Waals surface area (Å²) in [4.78, 5) is 24.5. The van der Waals surface area contributed by atoms with Crippen molar-refractivity contribution in [2.45, 2.75) is 18.1 Å². The lowest BCUT2D eigenvalue weighted by Crippen LogP contribution is -2.28. The van der Waals surface area contributed by atoms with Gasteiger partial charge in [-0.3, -0.25) is 9.59 Å². The first-order valence-corrected chi connectivity index (χ1v) is 10.2. The number of rotatable bonds is 7. The minimum atomic E-state index is -0.369. The van der Waals surface area contributed by atoms with Gasteiger partial charge in [0.1, 0.15) is 0 Å². The smallest absolute Gasteiger partial charge is 0.251 e. The van der Waals surface area contributed by atoms with Crippen molar-refractivity contribution in [2.24, 2.45) is 7.05 Å². The van der Waals surface area contributed by atoms with Gasteiger partial charge in [0.25, 0.3) is 5.91 Å². The Morgan fingerprint density at radius 3 is 2.62 bits per heavy atom. The molecular formula is C20H20ClN5O2S. The number of nitrogens with zero attached hydrogens (tertiary/aromatic N) is 3. The first kappa shape index (κ1) is 20.9. The second kappa shape index (κ2) is 9.58. The molecule has 0 saturated heterocycles. The average molecular weight is 430 g/mol. The quantitative estimate of drug-likeness (QED) is 0.559. The van der Waals surface area contributed by atoms with E-state index < -0.39 is 0 Å². The molecular weight excluding hydrogens is 410 g/mol. The Bertz CT molecular complexity index is 1010. The number of hydrogen-bond donors (Lipinski definition) is 2. The van der Waals surface area contributed by atoms with Gasteiger partial charge in [0.2, 0.25) is 5.91 Å². The maximum absolute atomic E-state index is 12.4. The number of thioether (sulfide) groups is 1. The molecule has 0 spiro atoms. The molecule has 0 unspecified atom stereocenters. The molecule has 1 atom stereocenters. The molecule has 2 aromatic carbocycles. The zero-order chi connectivity index (χ0) is 20.8. The number of nitrogens with one attached hydrogen (secondary N) is 2. The third-order valence-electron chi connectivity index (χ3n) is 4.08. The number of amides is 2. The standard InChI is InChI=1S/C20H20ClN5O2S/c1-13(22-19(28)14-7-6-8-15(21)11-14)18-24-25-20(26(18)2)29-12-17(27)23-16-9-4-3-5-10-16/h3-11,13H,12H2,1-2H3,(H,22,28)(H,23,27)/t13-/m1/s1. The molecule has 150 valence electrons. The number of aromatic nitrogens is 3. The van der Waals surface area contributed by atoms with Crippen molar-refractivity contribution in [2.75, 3.05) is 11.1 Å². The van der Waals surface area contributed by atoms with Gasteiger partial charge in [-0.15, -0.1) is 10.2 Å². The van der Waals surface area contributed by atoms with E-state index >= 15 is 0 Å². The number of anilines is 1. The molecule has 0 bridgehead atoms. The van der Waals surface area contributed by atoms with Crippen LogP contribution in [0.4, 0.5) is 5.69 Å². The van der Waals surface area contributed by atoms with Crippen LogP contribution in [0.25, 0.3) is 0 Å². The molecule has 0 radical (unpaired) electrons. The Morgan fingerprint density at radius 1 is 1.14 bits per heavy atom. The molecule has 0 aliphatic rings. The molecule has 1 aromatic heterocycles. The zero-order valence-corrected chi connectivity index (χ0v) is 17.5. The van der Waals surface area contributed by atoms with Crippen molar-refractivity contribution in [3.05, 3.63) is 71.0 Å². The van der Waals surface area contributed by atoms with Gasteiger partial charge in [0.05, 0.1) is 11.8 Å². The van der Waals surface area contributed by atoms with Crippen molar-refractivity contribution in [3.8, 4) is 0 Å². The van der Waals surface area contributed by atoms with Crippen molar-refractivity contribution in [3.63, 3.8) is 0 Å². The van der Waals surface area contributed by atoms with Crippen molar-refractivity contribution in [1.82, 2.24) is 20.1 Å². The number of hydrogen-bond acceptors (Lipinski definition) is 5. The maximum atomic E-state index is 12.4. The predicted octanol–water partition coefficient (Wildman–Crippen LogP) is 3.69. The minimum absolute atomic E-state index is 0.131. The lowest BCUT2D eigenvalue weighted by molar-refractivity contribution is -0.113. The molecule has 0 fully saturated rings. The van der Waals surface area contributed by atoms with Gasteiger partial charge in [-0.2, -0.15) is 0 Å². The molecule has 2 N–H and O–H groups in total. The van der Waals surface area contributed by atoms with Crippen LogP contribution in [0.2, 0.25) is 5.02 Å². The van der Waals surface area contributed by atoms with Crippen LogP contribution in [0, 0.1) is 0 Å². The van der Waals surface area contributed by atoms with Gasteiger partial charge in [-0.05, 0) is 37.3 Å². The Morgan fingerprint density at radius 2 is 1.90 bits per heavy atom. The molecule has 1 heterocycles.